The lowest BCUT2D eigenvalue weighted by Crippen LogP contribution is -2.43. The molecule has 0 bridgehead atoms. The third-order valence-corrected chi connectivity index (χ3v) is 5.11. The lowest BCUT2D eigenvalue weighted by molar-refractivity contribution is 0.589. The number of nitrogens with zero attached hydrogens (tertiary/aromatic N) is 5. The van der Waals surface area contributed by atoms with E-state index in [1.807, 2.05) is 18.2 Å². The average Bonchev–Trinajstić information content (AvgIpc) is 3.10. The Hall–Kier alpha value is -3.26. The number of imidazole rings is 1. The van der Waals surface area contributed by atoms with E-state index in [4.69, 9.17) is 0 Å². The molecular weight excluding hydrogens is 359 g/mol. The number of piperazine rings is 1. The minimum Gasteiger partial charge on any atom is -0.369 e. The largest absolute Gasteiger partial charge is 0.369 e. The molecule has 5 rings (SSSR count). The third-order valence-electron chi connectivity index (χ3n) is 5.11. The summed E-state index contributed by atoms with van der Waals surface area (Å²) in [6, 6.07) is 7.05. The molecule has 1 aliphatic rings. The fourth-order valence-electron chi connectivity index (χ4n) is 3.71. The SMILES string of the molecule is Cc1cn2cc(-n3cnc4ccc(N5CCNCC5)cc4c3=O)cc(F)c2n1. The number of fused-ring (bicyclic) bond motifs is 2. The van der Waals surface area contributed by atoms with Crippen molar-refractivity contribution in [2.75, 3.05) is 31.1 Å². The van der Waals surface area contributed by atoms with Crippen LogP contribution in [0, 0.1) is 12.7 Å². The van der Waals surface area contributed by atoms with Crippen LogP contribution in [0.5, 0.6) is 0 Å². The second-order valence-corrected chi connectivity index (χ2v) is 7.02. The molecule has 0 saturated carbocycles. The third kappa shape index (κ3) is 2.73. The zero-order valence-electron chi connectivity index (χ0n) is 15.4. The van der Waals surface area contributed by atoms with Crippen LogP contribution in [0.25, 0.3) is 22.2 Å². The minimum atomic E-state index is -0.479. The van der Waals surface area contributed by atoms with Crippen LogP contribution < -0.4 is 15.8 Å². The highest BCUT2D eigenvalue weighted by Gasteiger charge is 2.14. The van der Waals surface area contributed by atoms with Gasteiger partial charge < -0.3 is 14.6 Å². The van der Waals surface area contributed by atoms with Crippen LogP contribution in [0.3, 0.4) is 0 Å². The van der Waals surface area contributed by atoms with E-state index in [-0.39, 0.29) is 11.2 Å². The smallest absolute Gasteiger partial charge is 0.265 e. The lowest BCUT2D eigenvalue weighted by Gasteiger charge is -2.29. The van der Waals surface area contributed by atoms with Gasteiger partial charge >= 0.3 is 0 Å². The fourth-order valence-corrected chi connectivity index (χ4v) is 3.71. The van der Waals surface area contributed by atoms with Crippen molar-refractivity contribution < 1.29 is 4.39 Å². The molecule has 1 N–H and O–H groups in total. The first-order valence-electron chi connectivity index (χ1n) is 9.22. The van der Waals surface area contributed by atoms with Gasteiger partial charge in [0.05, 0.1) is 22.3 Å². The number of halogens is 1. The number of anilines is 1. The van der Waals surface area contributed by atoms with Gasteiger partial charge in [0, 0.05) is 50.3 Å². The van der Waals surface area contributed by atoms with Crippen LogP contribution >= 0.6 is 0 Å². The zero-order valence-corrected chi connectivity index (χ0v) is 15.4. The van der Waals surface area contributed by atoms with Gasteiger partial charge in [-0.05, 0) is 25.1 Å². The average molecular weight is 378 g/mol. The minimum absolute atomic E-state index is 0.224. The molecule has 8 heteroatoms. The molecule has 0 amide bonds. The van der Waals surface area contributed by atoms with E-state index in [2.05, 4.69) is 20.2 Å². The predicted octanol–water partition coefficient (Wildman–Crippen LogP) is 1.89. The van der Waals surface area contributed by atoms with E-state index < -0.39 is 5.82 Å². The van der Waals surface area contributed by atoms with Gasteiger partial charge in [-0.15, -0.1) is 0 Å². The molecule has 0 unspecified atom stereocenters. The normalized spacial score (nSPS) is 14.9. The summed E-state index contributed by atoms with van der Waals surface area (Å²) < 4.78 is 17.4. The van der Waals surface area contributed by atoms with Crippen molar-refractivity contribution >= 4 is 22.2 Å². The summed E-state index contributed by atoms with van der Waals surface area (Å²) in [4.78, 5) is 24.0. The van der Waals surface area contributed by atoms with Gasteiger partial charge in [0.25, 0.3) is 5.56 Å². The first-order valence-corrected chi connectivity index (χ1v) is 9.22. The Kier molecular flexibility index (Phi) is 3.87. The summed E-state index contributed by atoms with van der Waals surface area (Å²) in [6.07, 6.45) is 4.86. The number of aryl methyl sites for hydroxylation is 1. The van der Waals surface area contributed by atoms with E-state index in [9.17, 15) is 9.18 Å². The molecule has 0 radical (unpaired) electrons. The quantitative estimate of drug-likeness (QED) is 0.577. The second kappa shape index (κ2) is 6.42. The van der Waals surface area contributed by atoms with Gasteiger partial charge in [0.15, 0.2) is 11.5 Å². The molecule has 4 aromatic rings. The summed E-state index contributed by atoms with van der Waals surface area (Å²) in [7, 11) is 0. The Balaban J connectivity index is 1.65. The summed E-state index contributed by atoms with van der Waals surface area (Å²) in [5.41, 5.74) is 2.76. The number of hydrogen-bond acceptors (Lipinski definition) is 5. The van der Waals surface area contributed by atoms with Gasteiger partial charge in [0.1, 0.15) is 6.33 Å². The Bertz CT molecular complexity index is 1260. The van der Waals surface area contributed by atoms with E-state index in [1.54, 1.807) is 23.7 Å². The Morgan fingerprint density at radius 2 is 1.93 bits per heavy atom. The highest BCUT2D eigenvalue weighted by Crippen LogP contribution is 2.20. The van der Waals surface area contributed by atoms with Crippen molar-refractivity contribution in [1.29, 1.82) is 0 Å². The molecule has 1 aromatic carbocycles. The van der Waals surface area contributed by atoms with Crippen molar-refractivity contribution in [2.45, 2.75) is 6.92 Å². The highest BCUT2D eigenvalue weighted by atomic mass is 19.1. The summed E-state index contributed by atoms with van der Waals surface area (Å²) in [6.45, 7) is 5.41. The topological polar surface area (TPSA) is 67.5 Å². The van der Waals surface area contributed by atoms with Crippen LogP contribution in [0.2, 0.25) is 0 Å². The van der Waals surface area contributed by atoms with Crippen LogP contribution in [-0.4, -0.2) is 45.1 Å². The summed E-state index contributed by atoms with van der Waals surface area (Å²) in [5, 5.41) is 3.84. The predicted molar refractivity (Wildman–Crippen MR) is 106 cm³/mol. The molecule has 4 heterocycles. The maximum Gasteiger partial charge on any atom is 0.265 e. The number of rotatable bonds is 2. The fraction of sp³-hybridized carbons (Fsp3) is 0.250. The lowest BCUT2D eigenvalue weighted by atomic mass is 10.2. The van der Waals surface area contributed by atoms with Crippen LogP contribution in [0.15, 0.2) is 47.8 Å². The van der Waals surface area contributed by atoms with Crippen LogP contribution in [0.1, 0.15) is 5.69 Å². The molecule has 0 spiro atoms. The monoisotopic (exact) mass is 378 g/mol. The molecule has 142 valence electrons. The molecule has 28 heavy (non-hydrogen) atoms. The number of hydrogen-bond donors (Lipinski definition) is 1. The van der Waals surface area contributed by atoms with E-state index in [0.29, 0.717) is 22.3 Å². The Morgan fingerprint density at radius 3 is 2.75 bits per heavy atom. The standard InChI is InChI=1S/C20H19FN6O/c1-13-10-26-11-15(9-17(21)19(26)24-13)27-12-23-18-3-2-14(8-16(18)20(27)28)25-6-4-22-5-7-25/h2-3,8-12,22H,4-7H2,1H3. The number of pyridine rings is 1. The van der Waals surface area contributed by atoms with Gasteiger partial charge in [-0.1, -0.05) is 0 Å². The van der Waals surface area contributed by atoms with Crippen molar-refractivity contribution in [3.8, 4) is 5.69 Å². The van der Waals surface area contributed by atoms with Crippen molar-refractivity contribution in [3.63, 3.8) is 0 Å². The van der Waals surface area contributed by atoms with Gasteiger partial charge in [-0.2, -0.15) is 0 Å². The van der Waals surface area contributed by atoms with Crippen molar-refractivity contribution in [2.24, 2.45) is 0 Å². The van der Waals surface area contributed by atoms with Gasteiger partial charge in [0.2, 0.25) is 0 Å². The summed E-state index contributed by atoms with van der Waals surface area (Å²) >= 11 is 0. The van der Waals surface area contributed by atoms with E-state index in [0.717, 1.165) is 31.9 Å². The Labute approximate surface area is 160 Å². The first-order chi connectivity index (χ1) is 13.6. The maximum atomic E-state index is 14.5. The molecule has 1 fully saturated rings. The second-order valence-electron chi connectivity index (χ2n) is 7.02. The van der Waals surface area contributed by atoms with E-state index >= 15 is 0 Å². The number of benzene rings is 1. The first kappa shape index (κ1) is 16.9. The van der Waals surface area contributed by atoms with E-state index in [1.165, 1.54) is 17.0 Å². The summed E-state index contributed by atoms with van der Waals surface area (Å²) in [5.74, 6) is -0.479. The van der Waals surface area contributed by atoms with Gasteiger partial charge in [-0.25, -0.2) is 14.4 Å². The van der Waals surface area contributed by atoms with Crippen molar-refractivity contribution in [1.82, 2.24) is 24.3 Å². The molecule has 3 aromatic heterocycles. The van der Waals surface area contributed by atoms with Crippen LogP contribution in [-0.2, 0) is 0 Å². The van der Waals surface area contributed by atoms with Crippen LogP contribution in [0.4, 0.5) is 10.1 Å². The molecule has 1 saturated heterocycles. The molecule has 0 aliphatic carbocycles. The molecular formula is C20H19FN6O. The molecule has 7 nitrogen and oxygen atoms in total. The Morgan fingerprint density at radius 1 is 1.11 bits per heavy atom. The zero-order chi connectivity index (χ0) is 19.3. The maximum absolute atomic E-state index is 14.5. The van der Waals surface area contributed by atoms with Crippen molar-refractivity contribution in [3.05, 3.63) is 64.9 Å². The molecule has 1 aliphatic heterocycles. The van der Waals surface area contributed by atoms with Gasteiger partial charge in [-0.3, -0.25) is 9.36 Å². The number of nitrogens with one attached hydrogen (secondary N) is 1. The molecule has 0 atom stereocenters. The highest BCUT2D eigenvalue weighted by molar-refractivity contribution is 5.82. The number of aromatic nitrogens is 4.